The number of anilines is 2. The molecule has 2 aliphatic rings. The van der Waals surface area contributed by atoms with Crippen LogP contribution < -0.4 is 15.4 Å². The Labute approximate surface area is 198 Å². The molecule has 2 aromatic carbocycles. The summed E-state index contributed by atoms with van der Waals surface area (Å²) < 4.78 is 7.06. The van der Waals surface area contributed by atoms with Crippen molar-refractivity contribution in [1.29, 1.82) is 0 Å². The van der Waals surface area contributed by atoms with Crippen molar-refractivity contribution in [2.45, 2.75) is 39.7 Å². The molecule has 0 fully saturated rings. The number of carbonyl (C=O) groups excluding carboxylic acids is 2. The van der Waals surface area contributed by atoms with E-state index in [9.17, 15) is 9.59 Å². The summed E-state index contributed by atoms with van der Waals surface area (Å²) in [5.74, 6) is 1.18. The lowest BCUT2D eigenvalue weighted by atomic mass is 9.73. The minimum absolute atomic E-state index is 0.103. The average Bonchev–Trinajstić information content (AvgIpc) is 3.22. The van der Waals surface area contributed by atoms with E-state index in [-0.39, 0.29) is 17.1 Å². The highest BCUT2D eigenvalue weighted by molar-refractivity contribution is 6.08. The fourth-order valence-electron chi connectivity index (χ4n) is 4.81. The van der Waals surface area contributed by atoms with Gasteiger partial charge in [0.15, 0.2) is 5.78 Å². The van der Waals surface area contributed by atoms with Crippen molar-refractivity contribution in [3.05, 3.63) is 82.7 Å². The minimum Gasteiger partial charge on any atom is -0.497 e. The van der Waals surface area contributed by atoms with E-state index in [0.717, 1.165) is 22.6 Å². The summed E-state index contributed by atoms with van der Waals surface area (Å²) in [6, 6.07) is 14.9. The molecule has 1 aromatic heterocycles. The summed E-state index contributed by atoms with van der Waals surface area (Å²) in [5, 5.41) is 10.9. The first-order chi connectivity index (χ1) is 16.3. The average molecular weight is 457 g/mol. The van der Waals surface area contributed by atoms with Crippen LogP contribution in [0.2, 0.25) is 0 Å². The van der Waals surface area contributed by atoms with E-state index in [1.807, 2.05) is 55.5 Å². The smallest absolute Gasteiger partial charge is 0.261 e. The first kappa shape index (κ1) is 21.9. The molecule has 2 heterocycles. The number of ether oxygens (including phenoxy) is 1. The standard InChI is InChI=1S/C27H28N4O3/c1-16-5-9-18(10-6-16)29-26(33)20-15-28-31-24(17-7-11-19(34-4)12-8-17)23-21(30-25(20)31)13-27(2,3)14-22(23)32/h5-12,15,24,30H,13-14H2,1-4H3,(H,29,33). The molecule has 1 aliphatic heterocycles. The molecule has 0 bridgehead atoms. The van der Waals surface area contributed by atoms with E-state index >= 15 is 0 Å². The Morgan fingerprint density at radius 1 is 1.12 bits per heavy atom. The molecule has 1 aliphatic carbocycles. The van der Waals surface area contributed by atoms with Crippen molar-refractivity contribution in [2.24, 2.45) is 5.41 Å². The maximum absolute atomic E-state index is 13.3. The van der Waals surface area contributed by atoms with Crippen molar-refractivity contribution < 1.29 is 14.3 Å². The Hall–Kier alpha value is -3.87. The van der Waals surface area contributed by atoms with Crippen molar-refractivity contribution in [3.63, 3.8) is 0 Å². The van der Waals surface area contributed by atoms with Crippen LogP contribution in [0, 0.1) is 12.3 Å². The number of carbonyl (C=O) groups is 2. The van der Waals surface area contributed by atoms with Gasteiger partial charge in [0.25, 0.3) is 5.91 Å². The van der Waals surface area contributed by atoms with Gasteiger partial charge in [-0.2, -0.15) is 5.10 Å². The van der Waals surface area contributed by atoms with Crippen LogP contribution in [-0.2, 0) is 4.79 Å². The third kappa shape index (κ3) is 3.87. The summed E-state index contributed by atoms with van der Waals surface area (Å²) in [7, 11) is 1.62. The number of allylic oxidation sites excluding steroid dienone is 2. The van der Waals surface area contributed by atoms with E-state index in [1.54, 1.807) is 18.0 Å². The summed E-state index contributed by atoms with van der Waals surface area (Å²) in [6.45, 7) is 6.19. The van der Waals surface area contributed by atoms with Crippen LogP contribution in [0.4, 0.5) is 11.5 Å². The number of nitrogens with one attached hydrogen (secondary N) is 2. The monoisotopic (exact) mass is 456 g/mol. The first-order valence-corrected chi connectivity index (χ1v) is 11.4. The molecule has 7 nitrogen and oxygen atoms in total. The highest BCUT2D eigenvalue weighted by Gasteiger charge is 2.42. The van der Waals surface area contributed by atoms with E-state index in [0.29, 0.717) is 35.5 Å². The van der Waals surface area contributed by atoms with E-state index in [2.05, 4.69) is 29.6 Å². The Morgan fingerprint density at radius 2 is 1.82 bits per heavy atom. The number of hydrogen-bond acceptors (Lipinski definition) is 5. The van der Waals surface area contributed by atoms with Gasteiger partial charge in [0, 0.05) is 23.4 Å². The molecule has 1 amide bonds. The number of aromatic nitrogens is 2. The maximum atomic E-state index is 13.3. The number of benzene rings is 2. The molecule has 5 rings (SSSR count). The normalized spacial score (nSPS) is 18.6. The predicted molar refractivity (Wildman–Crippen MR) is 131 cm³/mol. The molecule has 0 saturated heterocycles. The number of rotatable bonds is 4. The quantitative estimate of drug-likeness (QED) is 0.570. The van der Waals surface area contributed by atoms with Crippen LogP contribution in [0.1, 0.15) is 54.2 Å². The molecule has 0 spiro atoms. The maximum Gasteiger partial charge on any atom is 0.261 e. The van der Waals surface area contributed by atoms with Crippen molar-refractivity contribution in [3.8, 4) is 5.75 Å². The second-order valence-corrected chi connectivity index (χ2v) is 9.81. The van der Waals surface area contributed by atoms with Gasteiger partial charge in [-0.25, -0.2) is 4.68 Å². The summed E-state index contributed by atoms with van der Waals surface area (Å²) in [4.78, 5) is 26.5. The van der Waals surface area contributed by atoms with E-state index in [1.165, 1.54) is 0 Å². The molecular formula is C27H28N4O3. The molecule has 174 valence electrons. The van der Waals surface area contributed by atoms with Crippen LogP contribution in [0.25, 0.3) is 0 Å². The number of hydrogen-bond donors (Lipinski definition) is 2. The van der Waals surface area contributed by atoms with Gasteiger partial charge in [-0.1, -0.05) is 43.7 Å². The van der Waals surface area contributed by atoms with Gasteiger partial charge in [-0.05, 0) is 48.6 Å². The number of ketones is 1. The number of nitrogens with zero attached hydrogens (tertiary/aromatic N) is 2. The summed E-state index contributed by atoms with van der Waals surface area (Å²) >= 11 is 0. The molecule has 2 N–H and O–H groups in total. The largest absolute Gasteiger partial charge is 0.497 e. The zero-order valence-corrected chi connectivity index (χ0v) is 19.8. The zero-order chi connectivity index (χ0) is 24.0. The van der Waals surface area contributed by atoms with Gasteiger partial charge in [-0.15, -0.1) is 0 Å². The number of aryl methyl sites for hydroxylation is 1. The topological polar surface area (TPSA) is 85.2 Å². The highest BCUT2D eigenvalue weighted by Crippen LogP contribution is 2.46. The Bertz CT molecular complexity index is 1300. The zero-order valence-electron chi connectivity index (χ0n) is 19.8. The molecule has 7 heteroatoms. The fraction of sp³-hybridized carbons (Fsp3) is 0.296. The Morgan fingerprint density at radius 3 is 2.50 bits per heavy atom. The van der Waals surface area contributed by atoms with Gasteiger partial charge < -0.3 is 15.4 Å². The van der Waals surface area contributed by atoms with Gasteiger partial charge in [0.1, 0.15) is 23.2 Å². The molecule has 0 radical (unpaired) electrons. The Kier molecular flexibility index (Phi) is 5.27. The number of Topliss-reactive ketones (excluding diaryl/α,β-unsaturated/α-hetero) is 1. The third-order valence-electron chi connectivity index (χ3n) is 6.49. The lowest BCUT2D eigenvalue weighted by Crippen LogP contribution is -2.37. The number of fused-ring (bicyclic) bond motifs is 1. The van der Waals surface area contributed by atoms with Crippen LogP contribution in [0.15, 0.2) is 66.0 Å². The van der Waals surface area contributed by atoms with Gasteiger partial charge in [-0.3, -0.25) is 9.59 Å². The van der Waals surface area contributed by atoms with Crippen LogP contribution in [0.3, 0.4) is 0 Å². The second kappa shape index (κ2) is 8.17. The van der Waals surface area contributed by atoms with Crippen LogP contribution in [-0.4, -0.2) is 28.6 Å². The van der Waals surface area contributed by atoms with Crippen LogP contribution >= 0.6 is 0 Å². The summed E-state index contributed by atoms with van der Waals surface area (Å²) in [6.07, 6.45) is 2.75. The second-order valence-electron chi connectivity index (χ2n) is 9.81. The SMILES string of the molecule is COc1ccc(C2C3=C(CC(C)(C)CC3=O)Nc3c(C(=O)Nc4ccc(C)cc4)cnn32)cc1. The lowest BCUT2D eigenvalue weighted by molar-refractivity contribution is -0.118. The van der Waals surface area contributed by atoms with E-state index < -0.39 is 6.04 Å². The van der Waals surface area contributed by atoms with Crippen molar-refractivity contribution >= 4 is 23.2 Å². The molecule has 0 saturated carbocycles. The molecule has 3 aromatic rings. The van der Waals surface area contributed by atoms with Gasteiger partial charge in [0.05, 0.1) is 13.3 Å². The number of amides is 1. The molecule has 34 heavy (non-hydrogen) atoms. The van der Waals surface area contributed by atoms with Gasteiger partial charge >= 0.3 is 0 Å². The molecular weight excluding hydrogens is 428 g/mol. The van der Waals surface area contributed by atoms with Crippen molar-refractivity contribution in [2.75, 3.05) is 17.7 Å². The summed E-state index contributed by atoms with van der Waals surface area (Å²) in [5.41, 5.74) is 4.59. The van der Waals surface area contributed by atoms with Gasteiger partial charge in [0.2, 0.25) is 0 Å². The highest BCUT2D eigenvalue weighted by atomic mass is 16.5. The number of methoxy groups -OCH3 is 1. The predicted octanol–water partition coefficient (Wildman–Crippen LogP) is 5.11. The van der Waals surface area contributed by atoms with Crippen LogP contribution in [0.5, 0.6) is 5.75 Å². The third-order valence-corrected chi connectivity index (χ3v) is 6.49. The Balaban J connectivity index is 1.58. The molecule has 1 unspecified atom stereocenters. The fourth-order valence-corrected chi connectivity index (χ4v) is 4.81. The lowest BCUT2D eigenvalue weighted by Gasteiger charge is -2.39. The van der Waals surface area contributed by atoms with E-state index in [4.69, 9.17) is 4.74 Å². The minimum atomic E-state index is -0.415. The van der Waals surface area contributed by atoms with Crippen molar-refractivity contribution in [1.82, 2.24) is 9.78 Å². The molecule has 1 atom stereocenters. The first-order valence-electron chi connectivity index (χ1n) is 11.4.